The molecular weight excluding hydrogens is 424 g/mol. The monoisotopic (exact) mass is 448 g/mol. The molecule has 0 saturated carbocycles. The molecule has 8 nitrogen and oxygen atoms in total. The Morgan fingerprint density at radius 1 is 1.10 bits per heavy atom. The van der Waals surface area contributed by atoms with Crippen molar-refractivity contribution in [1.82, 2.24) is 19.5 Å². The molecule has 0 unspecified atom stereocenters. The Balaban J connectivity index is 1.38. The molecule has 2 aliphatic rings. The van der Waals surface area contributed by atoms with Gasteiger partial charge in [-0.15, -0.1) is 11.3 Å². The number of hydrogen-bond donors (Lipinski definition) is 1. The van der Waals surface area contributed by atoms with Crippen LogP contribution in [0.15, 0.2) is 40.9 Å². The molecule has 0 spiro atoms. The lowest BCUT2D eigenvalue weighted by Gasteiger charge is -2.32. The molecule has 1 N–H and O–H groups in total. The van der Waals surface area contributed by atoms with Gasteiger partial charge in [0.2, 0.25) is 10.0 Å². The van der Waals surface area contributed by atoms with Crippen molar-refractivity contribution in [3.63, 3.8) is 0 Å². The molecule has 4 rings (SSSR count). The van der Waals surface area contributed by atoms with Crippen LogP contribution >= 0.6 is 11.3 Å². The van der Waals surface area contributed by atoms with E-state index in [1.165, 1.54) is 27.9 Å². The molecule has 4 heterocycles. The summed E-state index contributed by atoms with van der Waals surface area (Å²) in [6.07, 6.45) is 6.08. The third kappa shape index (κ3) is 4.26. The van der Waals surface area contributed by atoms with Gasteiger partial charge in [0, 0.05) is 44.6 Å². The van der Waals surface area contributed by atoms with Crippen LogP contribution in [0.25, 0.3) is 0 Å². The Morgan fingerprint density at radius 2 is 1.83 bits per heavy atom. The number of likely N-dealkylation sites (tertiary alicyclic amines) is 1. The first-order valence-corrected chi connectivity index (χ1v) is 12.4. The van der Waals surface area contributed by atoms with E-state index in [1.54, 1.807) is 28.6 Å². The SMILES string of the molecule is O=C(NC1CCN(C(=O)c2sccc2S(=O)(=O)N2CCCC2)CC1)c1cccnc1. The quantitative estimate of drug-likeness (QED) is 0.754. The highest BCUT2D eigenvalue weighted by atomic mass is 32.2. The van der Waals surface area contributed by atoms with E-state index in [0.29, 0.717) is 44.6 Å². The minimum Gasteiger partial charge on any atom is -0.349 e. The van der Waals surface area contributed by atoms with Gasteiger partial charge in [0.1, 0.15) is 9.77 Å². The molecule has 0 radical (unpaired) electrons. The Bertz CT molecular complexity index is 1010. The second-order valence-electron chi connectivity index (χ2n) is 7.51. The Kier molecular flexibility index (Phi) is 6.16. The Morgan fingerprint density at radius 3 is 2.50 bits per heavy atom. The van der Waals surface area contributed by atoms with Gasteiger partial charge >= 0.3 is 0 Å². The number of amides is 2. The number of rotatable bonds is 5. The van der Waals surface area contributed by atoms with Gasteiger partial charge in [0.05, 0.1) is 5.56 Å². The number of carbonyl (C=O) groups is 2. The standard InChI is InChI=1S/C20H24N4O4S2/c25-19(15-4-3-8-21-14-15)22-16-5-11-23(12-6-16)20(26)18-17(7-13-29-18)30(27,28)24-9-1-2-10-24/h3-4,7-8,13-14,16H,1-2,5-6,9-12H2,(H,22,25). The van der Waals surface area contributed by atoms with Gasteiger partial charge in [-0.1, -0.05) is 0 Å². The number of hydrogen-bond acceptors (Lipinski definition) is 6. The van der Waals surface area contributed by atoms with Crippen LogP contribution in [0.4, 0.5) is 0 Å². The van der Waals surface area contributed by atoms with Crippen LogP contribution < -0.4 is 5.32 Å². The second-order valence-corrected chi connectivity index (χ2v) is 10.3. The van der Waals surface area contributed by atoms with Crippen molar-refractivity contribution in [1.29, 1.82) is 0 Å². The highest BCUT2D eigenvalue weighted by Gasteiger charge is 2.34. The minimum absolute atomic E-state index is 0.0297. The van der Waals surface area contributed by atoms with Gasteiger partial charge in [0.15, 0.2) is 0 Å². The molecule has 0 aliphatic carbocycles. The van der Waals surface area contributed by atoms with Gasteiger partial charge in [-0.05, 0) is 49.3 Å². The fourth-order valence-corrected chi connectivity index (χ4v) is 6.74. The number of piperidine rings is 1. The van der Waals surface area contributed by atoms with E-state index >= 15 is 0 Å². The number of pyridine rings is 1. The van der Waals surface area contributed by atoms with E-state index in [4.69, 9.17) is 0 Å². The molecule has 2 amide bonds. The first kappa shape index (κ1) is 21.0. The predicted octanol–water partition coefficient (Wildman–Crippen LogP) is 1.96. The molecular formula is C20H24N4O4S2. The van der Waals surface area contributed by atoms with Crippen molar-refractivity contribution in [2.45, 2.75) is 36.6 Å². The maximum absolute atomic E-state index is 13.1. The number of sulfonamides is 1. The zero-order valence-corrected chi connectivity index (χ0v) is 18.1. The first-order chi connectivity index (χ1) is 14.5. The normalized spacial score (nSPS) is 18.5. The largest absolute Gasteiger partial charge is 0.349 e. The molecule has 0 atom stereocenters. The topological polar surface area (TPSA) is 99.7 Å². The average molecular weight is 449 g/mol. The summed E-state index contributed by atoms with van der Waals surface area (Å²) in [7, 11) is -3.63. The maximum atomic E-state index is 13.1. The zero-order valence-electron chi connectivity index (χ0n) is 16.5. The predicted molar refractivity (Wildman–Crippen MR) is 113 cm³/mol. The highest BCUT2D eigenvalue weighted by molar-refractivity contribution is 7.89. The van der Waals surface area contributed by atoms with Gasteiger partial charge < -0.3 is 10.2 Å². The number of nitrogens with one attached hydrogen (secondary N) is 1. The summed E-state index contributed by atoms with van der Waals surface area (Å²) < 4.78 is 27.3. The van der Waals surface area contributed by atoms with Crippen LogP contribution in [0.1, 0.15) is 45.7 Å². The van der Waals surface area contributed by atoms with Crippen LogP contribution in [0.2, 0.25) is 0 Å². The summed E-state index contributed by atoms with van der Waals surface area (Å²) in [5.41, 5.74) is 0.506. The minimum atomic E-state index is -3.63. The van der Waals surface area contributed by atoms with Crippen molar-refractivity contribution in [2.75, 3.05) is 26.2 Å². The number of aromatic nitrogens is 1. The lowest BCUT2D eigenvalue weighted by atomic mass is 10.0. The van der Waals surface area contributed by atoms with Crippen LogP contribution in [0.3, 0.4) is 0 Å². The summed E-state index contributed by atoms with van der Waals surface area (Å²) in [6.45, 7) is 1.96. The van der Waals surface area contributed by atoms with Crippen LogP contribution in [0.5, 0.6) is 0 Å². The summed E-state index contributed by atoms with van der Waals surface area (Å²) in [6, 6.07) is 4.93. The summed E-state index contributed by atoms with van der Waals surface area (Å²) in [5, 5.41) is 4.65. The van der Waals surface area contributed by atoms with Crippen LogP contribution in [-0.2, 0) is 10.0 Å². The van der Waals surface area contributed by atoms with Crippen molar-refractivity contribution in [3.05, 3.63) is 46.4 Å². The molecule has 2 aromatic heterocycles. The van der Waals surface area contributed by atoms with Gasteiger partial charge in [-0.3, -0.25) is 14.6 Å². The molecule has 2 fully saturated rings. The van der Waals surface area contributed by atoms with E-state index in [2.05, 4.69) is 10.3 Å². The molecule has 2 saturated heterocycles. The van der Waals surface area contributed by atoms with Crippen LogP contribution in [-0.4, -0.2) is 66.6 Å². The molecule has 0 aromatic carbocycles. The maximum Gasteiger partial charge on any atom is 0.265 e. The first-order valence-electron chi connectivity index (χ1n) is 10.0. The average Bonchev–Trinajstić information content (AvgIpc) is 3.47. The Hall–Kier alpha value is -2.30. The Labute approximate surface area is 180 Å². The fourth-order valence-electron chi connectivity index (χ4n) is 3.86. The van der Waals surface area contributed by atoms with Gasteiger partial charge in [-0.2, -0.15) is 4.31 Å². The fraction of sp³-hybridized carbons (Fsp3) is 0.450. The molecule has 2 aliphatic heterocycles. The molecule has 0 bridgehead atoms. The molecule has 2 aromatic rings. The van der Waals surface area contributed by atoms with Crippen molar-refractivity contribution < 1.29 is 18.0 Å². The molecule has 30 heavy (non-hydrogen) atoms. The molecule has 160 valence electrons. The summed E-state index contributed by atoms with van der Waals surface area (Å²) in [5.74, 6) is -0.426. The van der Waals surface area contributed by atoms with E-state index < -0.39 is 10.0 Å². The zero-order chi connectivity index (χ0) is 21.1. The van der Waals surface area contributed by atoms with Crippen molar-refractivity contribution in [3.8, 4) is 0 Å². The summed E-state index contributed by atoms with van der Waals surface area (Å²) >= 11 is 1.17. The smallest absolute Gasteiger partial charge is 0.265 e. The lowest BCUT2D eigenvalue weighted by molar-refractivity contribution is 0.0699. The van der Waals surface area contributed by atoms with E-state index in [1.807, 2.05) is 0 Å². The summed E-state index contributed by atoms with van der Waals surface area (Å²) in [4.78, 5) is 31.4. The van der Waals surface area contributed by atoms with Crippen LogP contribution in [0, 0.1) is 0 Å². The second kappa shape index (κ2) is 8.83. The van der Waals surface area contributed by atoms with E-state index in [9.17, 15) is 18.0 Å². The van der Waals surface area contributed by atoms with Crippen molar-refractivity contribution >= 4 is 33.2 Å². The van der Waals surface area contributed by atoms with Gasteiger partial charge in [-0.25, -0.2) is 8.42 Å². The third-order valence-electron chi connectivity index (χ3n) is 5.55. The van der Waals surface area contributed by atoms with Gasteiger partial charge in [0.25, 0.3) is 11.8 Å². The number of nitrogens with zero attached hydrogens (tertiary/aromatic N) is 3. The number of thiophene rings is 1. The van der Waals surface area contributed by atoms with Crippen molar-refractivity contribution in [2.24, 2.45) is 0 Å². The van der Waals surface area contributed by atoms with E-state index in [-0.39, 0.29) is 27.6 Å². The number of carbonyl (C=O) groups excluding carboxylic acids is 2. The third-order valence-corrected chi connectivity index (χ3v) is 8.52. The lowest BCUT2D eigenvalue weighted by Crippen LogP contribution is -2.46. The molecule has 10 heteroatoms. The van der Waals surface area contributed by atoms with E-state index in [0.717, 1.165) is 12.8 Å². The highest BCUT2D eigenvalue weighted by Crippen LogP contribution is 2.29.